The SMILES string of the molecule is COCC(=O)N(CC(=O)N(Cc1ccccc1)Cc1cccs1)C[C@H]1CCCO1. The number of carbonyl (C=O) groups excluding carboxylic acids is 2. The quantitative estimate of drug-likeness (QED) is 0.598. The number of carbonyl (C=O) groups is 2. The predicted molar refractivity (Wildman–Crippen MR) is 112 cm³/mol. The lowest BCUT2D eigenvalue weighted by atomic mass is 10.2. The zero-order chi connectivity index (χ0) is 20.5. The third kappa shape index (κ3) is 6.66. The highest BCUT2D eigenvalue weighted by Crippen LogP contribution is 2.17. The standard InChI is InChI=1S/C22H28N2O4S/c1-27-17-22(26)24(14-19-9-5-11-28-19)16-21(25)23(15-20-10-6-12-29-20)13-18-7-3-2-4-8-18/h2-4,6-8,10,12,19H,5,9,11,13-17H2,1H3/t19-/m1/s1. The second-order valence-corrected chi connectivity index (χ2v) is 8.19. The van der Waals surface area contributed by atoms with Crippen LogP contribution >= 0.6 is 11.3 Å². The van der Waals surface area contributed by atoms with Crippen molar-refractivity contribution in [2.45, 2.75) is 32.0 Å². The minimum absolute atomic E-state index is 0.0107. The number of hydrogen-bond acceptors (Lipinski definition) is 5. The number of methoxy groups -OCH3 is 1. The van der Waals surface area contributed by atoms with Gasteiger partial charge in [-0.05, 0) is 29.9 Å². The Kier molecular flexibility index (Phi) is 8.22. The lowest BCUT2D eigenvalue weighted by Crippen LogP contribution is -2.46. The van der Waals surface area contributed by atoms with Gasteiger partial charge in [0.25, 0.3) is 0 Å². The number of ether oxygens (including phenoxy) is 2. The van der Waals surface area contributed by atoms with Crippen molar-refractivity contribution < 1.29 is 19.1 Å². The van der Waals surface area contributed by atoms with E-state index in [9.17, 15) is 9.59 Å². The summed E-state index contributed by atoms with van der Waals surface area (Å²) in [5.74, 6) is -0.267. The van der Waals surface area contributed by atoms with Crippen LogP contribution in [-0.2, 0) is 32.2 Å². The summed E-state index contributed by atoms with van der Waals surface area (Å²) in [4.78, 5) is 30.3. The molecule has 2 heterocycles. The molecular formula is C22H28N2O4S. The lowest BCUT2D eigenvalue weighted by Gasteiger charge is -2.29. The van der Waals surface area contributed by atoms with E-state index < -0.39 is 0 Å². The molecule has 1 fully saturated rings. The molecule has 0 spiro atoms. The van der Waals surface area contributed by atoms with Crippen LogP contribution in [0.4, 0.5) is 0 Å². The molecule has 2 aromatic rings. The summed E-state index contributed by atoms with van der Waals surface area (Å²) in [7, 11) is 1.49. The molecule has 0 radical (unpaired) electrons. The van der Waals surface area contributed by atoms with Gasteiger partial charge in [-0.25, -0.2) is 0 Å². The summed E-state index contributed by atoms with van der Waals surface area (Å²) in [6.07, 6.45) is 1.89. The smallest absolute Gasteiger partial charge is 0.249 e. The molecule has 0 unspecified atom stereocenters. The summed E-state index contributed by atoms with van der Waals surface area (Å²) < 4.78 is 10.7. The van der Waals surface area contributed by atoms with Gasteiger partial charge in [-0.3, -0.25) is 9.59 Å². The van der Waals surface area contributed by atoms with E-state index in [1.54, 1.807) is 16.2 Å². The maximum absolute atomic E-state index is 13.2. The van der Waals surface area contributed by atoms with E-state index in [1.165, 1.54) is 7.11 Å². The molecule has 156 valence electrons. The summed E-state index contributed by atoms with van der Waals surface area (Å²) in [6.45, 7) is 2.15. The van der Waals surface area contributed by atoms with Gasteiger partial charge in [0.15, 0.2) is 0 Å². The number of thiophene rings is 1. The van der Waals surface area contributed by atoms with Gasteiger partial charge >= 0.3 is 0 Å². The van der Waals surface area contributed by atoms with Crippen molar-refractivity contribution in [3.63, 3.8) is 0 Å². The van der Waals surface area contributed by atoms with Crippen LogP contribution in [0.2, 0.25) is 0 Å². The first-order valence-corrected chi connectivity index (χ1v) is 10.8. The van der Waals surface area contributed by atoms with Crippen molar-refractivity contribution in [1.29, 1.82) is 0 Å². The molecule has 1 aromatic carbocycles. The maximum atomic E-state index is 13.2. The van der Waals surface area contributed by atoms with Crippen LogP contribution in [0.1, 0.15) is 23.3 Å². The van der Waals surface area contributed by atoms with Crippen LogP contribution in [0.3, 0.4) is 0 Å². The molecule has 0 aliphatic carbocycles. The summed E-state index contributed by atoms with van der Waals surface area (Å²) in [5, 5.41) is 2.01. The van der Waals surface area contributed by atoms with Crippen LogP contribution in [0, 0.1) is 0 Å². The van der Waals surface area contributed by atoms with Crippen LogP contribution in [0.15, 0.2) is 47.8 Å². The number of benzene rings is 1. The van der Waals surface area contributed by atoms with E-state index in [2.05, 4.69) is 0 Å². The Morgan fingerprint density at radius 2 is 1.93 bits per heavy atom. The molecule has 1 aliphatic heterocycles. The second kappa shape index (κ2) is 11.1. The van der Waals surface area contributed by atoms with Crippen LogP contribution < -0.4 is 0 Å². The Bertz CT molecular complexity index is 760. The Labute approximate surface area is 176 Å². The number of hydrogen-bond donors (Lipinski definition) is 0. The molecule has 7 heteroatoms. The largest absolute Gasteiger partial charge is 0.376 e. The van der Waals surface area contributed by atoms with Crippen molar-refractivity contribution in [1.82, 2.24) is 9.80 Å². The van der Waals surface area contributed by atoms with E-state index in [0.717, 1.165) is 23.3 Å². The molecule has 29 heavy (non-hydrogen) atoms. The van der Waals surface area contributed by atoms with Gasteiger partial charge in [0.1, 0.15) is 6.61 Å². The third-order valence-corrected chi connectivity index (χ3v) is 5.75. The van der Waals surface area contributed by atoms with Gasteiger partial charge in [0.05, 0.1) is 19.2 Å². The highest BCUT2D eigenvalue weighted by Gasteiger charge is 2.26. The van der Waals surface area contributed by atoms with Crippen molar-refractivity contribution in [2.24, 2.45) is 0 Å². The van der Waals surface area contributed by atoms with Gasteiger partial charge in [-0.2, -0.15) is 0 Å². The van der Waals surface area contributed by atoms with Crippen molar-refractivity contribution in [3.05, 3.63) is 58.3 Å². The molecular weight excluding hydrogens is 388 g/mol. The molecule has 1 atom stereocenters. The Balaban J connectivity index is 1.71. The number of amides is 2. The van der Waals surface area contributed by atoms with Gasteiger partial charge < -0.3 is 19.3 Å². The molecule has 1 saturated heterocycles. The fraction of sp³-hybridized carbons (Fsp3) is 0.455. The van der Waals surface area contributed by atoms with Crippen molar-refractivity contribution in [2.75, 3.05) is 33.4 Å². The zero-order valence-electron chi connectivity index (χ0n) is 16.8. The number of nitrogens with zero attached hydrogens (tertiary/aromatic N) is 2. The minimum atomic E-state index is -0.188. The molecule has 2 amide bonds. The normalized spacial score (nSPS) is 16.0. The van der Waals surface area contributed by atoms with Crippen LogP contribution in [0.5, 0.6) is 0 Å². The first kappa shape index (κ1) is 21.5. The van der Waals surface area contributed by atoms with Gasteiger partial charge in [0, 0.05) is 31.7 Å². The second-order valence-electron chi connectivity index (χ2n) is 7.16. The van der Waals surface area contributed by atoms with Gasteiger partial charge in [0.2, 0.25) is 11.8 Å². The first-order chi connectivity index (χ1) is 14.2. The Morgan fingerprint density at radius 1 is 1.10 bits per heavy atom. The fourth-order valence-electron chi connectivity index (χ4n) is 3.39. The molecule has 0 N–H and O–H groups in total. The molecule has 3 rings (SSSR count). The fourth-order valence-corrected chi connectivity index (χ4v) is 4.11. The Morgan fingerprint density at radius 3 is 2.59 bits per heavy atom. The molecule has 0 saturated carbocycles. The minimum Gasteiger partial charge on any atom is -0.376 e. The molecule has 1 aromatic heterocycles. The lowest BCUT2D eigenvalue weighted by molar-refractivity contribution is -0.144. The molecule has 0 bridgehead atoms. The highest BCUT2D eigenvalue weighted by atomic mass is 32.1. The Hall–Kier alpha value is -2.22. The zero-order valence-corrected chi connectivity index (χ0v) is 17.6. The average molecular weight is 417 g/mol. The van der Waals surface area contributed by atoms with E-state index in [-0.39, 0.29) is 31.1 Å². The summed E-state index contributed by atoms with van der Waals surface area (Å²) >= 11 is 1.62. The highest BCUT2D eigenvalue weighted by molar-refractivity contribution is 7.09. The van der Waals surface area contributed by atoms with Gasteiger partial charge in [-0.15, -0.1) is 11.3 Å². The predicted octanol–water partition coefficient (Wildman–Crippen LogP) is 2.93. The topological polar surface area (TPSA) is 59.1 Å². The third-order valence-electron chi connectivity index (χ3n) is 4.89. The molecule has 6 nitrogen and oxygen atoms in total. The van der Waals surface area contributed by atoms with Crippen molar-refractivity contribution in [3.8, 4) is 0 Å². The van der Waals surface area contributed by atoms with E-state index in [4.69, 9.17) is 9.47 Å². The van der Waals surface area contributed by atoms with Crippen LogP contribution in [0.25, 0.3) is 0 Å². The average Bonchev–Trinajstić information content (AvgIpc) is 3.42. The van der Waals surface area contributed by atoms with Crippen molar-refractivity contribution >= 4 is 23.2 Å². The summed E-state index contributed by atoms with van der Waals surface area (Å²) in [5.41, 5.74) is 1.06. The van der Waals surface area contributed by atoms with E-state index >= 15 is 0 Å². The number of rotatable bonds is 10. The van der Waals surface area contributed by atoms with E-state index in [1.807, 2.05) is 52.7 Å². The van der Waals surface area contributed by atoms with Gasteiger partial charge in [-0.1, -0.05) is 36.4 Å². The maximum Gasteiger partial charge on any atom is 0.249 e. The monoisotopic (exact) mass is 416 g/mol. The first-order valence-electron chi connectivity index (χ1n) is 9.88. The van der Waals surface area contributed by atoms with E-state index in [0.29, 0.717) is 26.2 Å². The van der Waals surface area contributed by atoms with Crippen LogP contribution in [-0.4, -0.2) is 61.1 Å². The summed E-state index contributed by atoms with van der Waals surface area (Å²) in [6, 6.07) is 13.9. The molecule has 1 aliphatic rings.